The number of carbonyl (C=O) groups excluding carboxylic acids is 2. The van der Waals surface area contributed by atoms with Crippen LogP contribution in [-0.4, -0.2) is 21.7 Å². The molecule has 5 nitrogen and oxygen atoms in total. The minimum atomic E-state index is -0.613. The summed E-state index contributed by atoms with van der Waals surface area (Å²) in [5.41, 5.74) is 3.09. The minimum Gasteiger partial charge on any atom is -0.360 e. The number of H-pyrrole nitrogens is 2. The fourth-order valence-corrected chi connectivity index (χ4v) is 2.87. The number of para-hydroxylation sites is 2. The lowest BCUT2D eigenvalue weighted by molar-refractivity contribution is -0.117. The van der Waals surface area contributed by atoms with Crippen LogP contribution in [0, 0.1) is 0 Å². The Bertz CT molecular complexity index is 1030. The molecule has 4 rings (SSSR count). The van der Waals surface area contributed by atoms with E-state index in [9.17, 15) is 9.59 Å². The van der Waals surface area contributed by atoms with E-state index >= 15 is 0 Å². The number of rotatable bonds is 4. The maximum absolute atomic E-state index is 12.4. The van der Waals surface area contributed by atoms with Crippen molar-refractivity contribution in [1.82, 2.24) is 15.3 Å². The number of benzene rings is 2. The van der Waals surface area contributed by atoms with E-state index < -0.39 is 11.7 Å². The van der Waals surface area contributed by atoms with Gasteiger partial charge in [0.25, 0.3) is 11.7 Å². The van der Waals surface area contributed by atoms with Gasteiger partial charge in [-0.2, -0.15) is 0 Å². The average molecular weight is 317 g/mol. The van der Waals surface area contributed by atoms with Crippen molar-refractivity contribution in [3.63, 3.8) is 0 Å². The number of ketones is 1. The van der Waals surface area contributed by atoms with Crippen molar-refractivity contribution >= 4 is 33.5 Å². The van der Waals surface area contributed by atoms with E-state index in [1.807, 2.05) is 54.6 Å². The number of aromatic amines is 2. The molecule has 2 aromatic heterocycles. The average Bonchev–Trinajstić information content (AvgIpc) is 3.22. The monoisotopic (exact) mass is 317 g/mol. The van der Waals surface area contributed by atoms with Gasteiger partial charge in [0, 0.05) is 28.3 Å². The van der Waals surface area contributed by atoms with Gasteiger partial charge in [-0.15, -0.1) is 0 Å². The third kappa shape index (κ3) is 2.46. The molecular weight excluding hydrogens is 302 g/mol. The predicted octanol–water partition coefficient (Wildman–Crippen LogP) is 3.15. The SMILES string of the molecule is O=C(NCc1cc2ccccc2[nH]1)C(=O)c1c[nH]c2ccccc12. The van der Waals surface area contributed by atoms with Gasteiger partial charge in [-0.1, -0.05) is 36.4 Å². The molecule has 0 unspecified atom stereocenters. The van der Waals surface area contributed by atoms with Gasteiger partial charge in [-0.3, -0.25) is 9.59 Å². The molecule has 3 N–H and O–H groups in total. The van der Waals surface area contributed by atoms with Gasteiger partial charge in [-0.05, 0) is 23.6 Å². The van der Waals surface area contributed by atoms with Crippen molar-refractivity contribution in [2.24, 2.45) is 0 Å². The Morgan fingerprint density at radius 1 is 0.958 bits per heavy atom. The molecule has 0 bridgehead atoms. The van der Waals surface area contributed by atoms with E-state index in [2.05, 4.69) is 15.3 Å². The molecule has 2 heterocycles. The number of amides is 1. The van der Waals surface area contributed by atoms with Gasteiger partial charge in [0.2, 0.25) is 0 Å². The van der Waals surface area contributed by atoms with Gasteiger partial charge < -0.3 is 15.3 Å². The van der Waals surface area contributed by atoms with Gasteiger partial charge in [0.15, 0.2) is 0 Å². The molecule has 2 aromatic carbocycles. The number of hydrogen-bond donors (Lipinski definition) is 3. The van der Waals surface area contributed by atoms with Gasteiger partial charge in [-0.25, -0.2) is 0 Å². The third-order valence-electron chi connectivity index (χ3n) is 4.07. The number of aromatic nitrogens is 2. The molecule has 5 heteroatoms. The van der Waals surface area contributed by atoms with E-state index in [1.54, 1.807) is 6.20 Å². The molecule has 1 amide bonds. The maximum atomic E-state index is 12.4. The smallest absolute Gasteiger partial charge is 0.292 e. The minimum absolute atomic E-state index is 0.279. The first-order chi connectivity index (χ1) is 11.7. The zero-order chi connectivity index (χ0) is 16.5. The number of hydrogen-bond acceptors (Lipinski definition) is 2. The Labute approximate surface area is 137 Å². The zero-order valence-corrected chi connectivity index (χ0v) is 12.8. The topological polar surface area (TPSA) is 77.8 Å². The summed E-state index contributed by atoms with van der Waals surface area (Å²) in [6.45, 7) is 0.279. The van der Waals surface area contributed by atoms with Crippen molar-refractivity contribution in [3.05, 3.63) is 72.1 Å². The highest BCUT2D eigenvalue weighted by Crippen LogP contribution is 2.18. The third-order valence-corrected chi connectivity index (χ3v) is 4.07. The molecule has 0 aliphatic rings. The Kier molecular flexibility index (Phi) is 3.39. The number of nitrogens with one attached hydrogen (secondary N) is 3. The largest absolute Gasteiger partial charge is 0.360 e. The Morgan fingerprint density at radius 3 is 2.54 bits per heavy atom. The Hall–Kier alpha value is -3.34. The van der Waals surface area contributed by atoms with Crippen molar-refractivity contribution in [2.75, 3.05) is 0 Å². The first-order valence-corrected chi connectivity index (χ1v) is 7.67. The summed E-state index contributed by atoms with van der Waals surface area (Å²) >= 11 is 0. The molecule has 0 saturated heterocycles. The van der Waals surface area contributed by atoms with Crippen LogP contribution in [0.25, 0.3) is 21.8 Å². The van der Waals surface area contributed by atoms with E-state index in [-0.39, 0.29) is 6.54 Å². The molecule has 0 aliphatic heterocycles. The van der Waals surface area contributed by atoms with Crippen LogP contribution in [0.15, 0.2) is 60.8 Å². The zero-order valence-electron chi connectivity index (χ0n) is 12.8. The van der Waals surface area contributed by atoms with E-state index in [4.69, 9.17) is 0 Å². The fourth-order valence-electron chi connectivity index (χ4n) is 2.87. The number of fused-ring (bicyclic) bond motifs is 2. The molecule has 0 atom stereocenters. The second-order valence-corrected chi connectivity index (χ2v) is 5.64. The number of Topliss-reactive ketones (excluding diaryl/α,β-unsaturated/α-hetero) is 1. The lowest BCUT2D eigenvalue weighted by Crippen LogP contribution is -2.30. The van der Waals surface area contributed by atoms with Crippen molar-refractivity contribution < 1.29 is 9.59 Å². The molecule has 118 valence electrons. The van der Waals surface area contributed by atoms with Crippen LogP contribution in [0.2, 0.25) is 0 Å². The Morgan fingerprint density at radius 2 is 1.71 bits per heavy atom. The van der Waals surface area contributed by atoms with Gasteiger partial charge >= 0.3 is 0 Å². The molecular formula is C19H15N3O2. The van der Waals surface area contributed by atoms with E-state index in [0.29, 0.717) is 5.56 Å². The van der Waals surface area contributed by atoms with Crippen LogP contribution < -0.4 is 5.32 Å². The second-order valence-electron chi connectivity index (χ2n) is 5.64. The summed E-state index contributed by atoms with van der Waals surface area (Å²) in [7, 11) is 0. The summed E-state index contributed by atoms with van der Waals surface area (Å²) in [6, 6.07) is 17.2. The van der Waals surface area contributed by atoms with E-state index in [1.165, 1.54) is 0 Å². The standard InChI is InChI=1S/C19H15N3O2/c23-18(15-11-20-17-8-4-2-6-14(15)17)19(24)21-10-13-9-12-5-1-3-7-16(12)22-13/h1-9,11,20,22H,10H2,(H,21,24). The maximum Gasteiger partial charge on any atom is 0.292 e. The summed E-state index contributed by atoms with van der Waals surface area (Å²) in [4.78, 5) is 30.8. The highest BCUT2D eigenvalue weighted by atomic mass is 16.2. The van der Waals surface area contributed by atoms with Crippen LogP contribution >= 0.6 is 0 Å². The van der Waals surface area contributed by atoms with Crippen molar-refractivity contribution in [1.29, 1.82) is 0 Å². The first kappa shape index (κ1) is 14.3. The summed E-state index contributed by atoms with van der Waals surface area (Å²) in [6.07, 6.45) is 1.58. The van der Waals surface area contributed by atoms with Crippen LogP contribution in [0.1, 0.15) is 16.1 Å². The molecule has 0 aliphatic carbocycles. The van der Waals surface area contributed by atoms with Crippen molar-refractivity contribution in [2.45, 2.75) is 6.54 Å². The fraction of sp³-hybridized carbons (Fsp3) is 0.0526. The molecule has 0 radical (unpaired) electrons. The quantitative estimate of drug-likeness (QED) is 0.399. The normalized spacial score (nSPS) is 11.0. The van der Waals surface area contributed by atoms with Crippen LogP contribution in [-0.2, 0) is 11.3 Å². The molecule has 0 spiro atoms. The molecule has 0 fully saturated rings. The second kappa shape index (κ2) is 5.70. The van der Waals surface area contributed by atoms with Crippen LogP contribution in [0.4, 0.5) is 0 Å². The lowest BCUT2D eigenvalue weighted by atomic mass is 10.1. The lowest BCUT2D eigenvalue weighted by Gasteiger charge is -2.02. The summed E-state index contributed by atoms with van der Waals surface area (Å²) in [5, 5.41) is 4.51. The van der Waals surface area contributed by atoms with Crippen molar-refractivity contribution in [3.8, 4) is 0 Å². The first-order valence-electron chi connectivity index (χ1n) is 7.67. The predicted molar refractivity (Wildman–Crippen MR) is 92.8 cm³/mol. The van der Waals surface area contributed by atoms with Crippen LogP contribution in [0.3, 0.4) is 0 Å². The molecule has 24 heavy (non-hydrogen) atoms. The summed E-state index contributed by atoms with van der Waals surface area (Å²) in [5.74, 6) is -1.15. The number of carbonyl (C=O) groups is 2. The van der Waals surface area contributed by atoms with Gasteiger partial charge in [0.1, 0.15) is 0 Å². The van der Waals surface area contributed by atoms with E-state index in [0.717, 1.165) is 27.5 Å². The Balaban J connectivity index is 1.50. The van der Waals surface area contributed by atoms with Crippen LogP contribution in [0.5, 0.6) is 0 Å². The highest BCUT2D eigenvalue weighted by Gasteiger charge is 2.19. The molecule has 4 aromatic rings. The molecule has 0 saturated carbocycles. The highest BCUT2D eigenvalue weighted by molar-refractivity contribution is 6.44. The van der Waals surface area contributed by atoms with Gasteiger partial charge in [0.05, 0.1) is 12.1 Å². The summed E-state index contributed by atoms with van der Waals surface area (Å²) < 4.78 is 0.